The van der Waals surface area contributed by atoms with E-state index in [1.165, 1.54) is 7.05 Å². The normalized spacial score (nSPS) is 11.9. The van der Waals surface area contributed by atoms with Gasteiger partial charge in [0.05, 0.1) is 11.9 Å². The molecule has 9 heteroatoms. The SMILES string of the molecule is Cn1c(=O)n(Cc2ccccc2Cl)c(=O)c2ccc(C(F)(F)F)nc21. The second-order valence-corrected chi connectivity index (χ2v) is 5.80. The third-order valence-electron chi connectivity index (χ3n) is 3.76. The van der Waals surface area contributed by atoms with Crippen LogP contribution in [0.5, 0.6) is 0 Å². The largest absolute Gasteiger partial charge is 0.433 e. The fraction of sp³-hybridized carbons (Fsp3) is 0.188. The molecule has 0 spiro atoms. The van der Waals surface area contributed by atoms with Crippen LogP contribution in [0.2, 0.25) is 5.02 Å². The van der Waals surface area contributed by atoms with E-state index in [1.54, 1.807) is 24.3 Å². The molecule has 0 saturated heterocycles. The van der Waals surface area contributed by atoms with Gasteiger partial charge in [-0.1, -0.05) is 29.8 Å². The molecule has 2 heterocycles. The molecule has 0 atom stereocenters. The Balaban J connectivity index is 2.24. The van der Waals surface area contributed by atoms with Crippen molar-refractivity contribution in [2.75, 3.05) is 0 Å². The Bertz CT molecular complexity index is 1090. The van der Waals surface area contributed by atoms with E-state index in [1.807, 2.05) is 0 Å². The van der Waals surface area contributed by atoms with E-state index in [4.69, 9.17) is 11.6 Å². The number of hydrogen-bond acceptors (Lipinski definition) is 3. The molecule has 2 aromatic heterocycles. The van der Waals surface area contributed by atoms with Crippen LogP contribution in [-0.4, -0.2) is 14.1 Å². The van der Waals surface area contributed by atoms with Gasteiger partial charge >= 0.3 is 11.9 Å². The van der Waals surface area contributed by atoms with Gasteiger partial charge in [0.1, 0.15) is 11.3 Å². The summed E-state index contributed by atoms with van der Waals surface area (Å²) in [7, 11) is 1.26. The molecule has 0 saturated carbocycles. The predicted molar refractivity (Wildman–Crippen MR) is 86.8 cm³/mol. The standard InChI is InChI=1S/C16H11ClF3N3O2/c1-22-13-10(6-7-12(21-13)16(18,19)20)14(24)23(15(22)25)8-9-4-2-3-5-11(9)17/h2-7H,8H2,1H3. The van der Waals surface area contributed by atoms with E-state index >= 15 is 0 Å². The number of aromatic nitrogens is 3. The molecule has 5 nitrogen and oxygen atoms in total. The Labute approximate surface area is 143 Å². The molecule has 0 aliphatic rings. The minimum atomic E-state index is -4.67. The number of halogens is 4. The Morgan fingerprint density at radius 2 is 1.80 bits per heavy atom. The fourth-order valence-electron chi connectivity index (χ4n) is 2.47. The molecular weight excluding hydrogens is 359 g/mol. The van der Waals surface area contributed by atoms with E-state index in [0.717, 1.165) is 15.2 Å². The summed E-state index contributed by atoms with van der Waals surface area (Å²) in [6.07, 6.45) is -4.67. The van der Waals surface area contributed by atoms with Crippen LogP contribution in [0, 0.1) is 0 Å². The van der Waals surface area contributed by atoms with Gasteiger partial charge < -0.3 is 0 Å². The molecular formula is C16H11ClF3N3O2. The Morgan fingerprint density at radius 1 is 1.12 bits per heavy atom. The van der Waals surface area contributed by atoms with Crippen LogP contribution >= 0.6 is 11.6 Å². The maximum atomic E-state index is 12.8. The van der Waals surface area contributed by atoms with E-state index in [0.29, 0.717) is 16.7 Å². The summed E-state index contributed by atoms with van der Waals surface area (Å²) in [5, 5.41) is 0.296. The first kappa shape index (κ1) is 17.2. The average molecular weight is 370 g/mol. The first-order valence-corrected chi connectivity index (χ1v) is 7.49. The van der Waals surface area contributed by atoms with Crippen LogP contribution in [0.3, 0.4) is 0 Å². The van der Waals surface area contributed by atoms with E-state index in [2.05, 4.69) is 4.98 Å². The van der Waals surface area contributed by atoms with Gasteiger partial charge in [-0.3, -0.25) is 13.9 Å². The van der Waals surface area contributed by atoms with Crippen molar-refractivity contribution in [1.82, 2.24) is 14.1 Å². The summed E-state index contributed by atoms with van der Waals surface area (Å²) in [5.74, 6) is 0. The number of nitrogens with zero attached hydrogens (tertiary/aromatic N) is 3. The van der Waals surface area contributed by atoms with Gasteiger partial charge in [-0.05, 0) is 23.8 Å². The molecule has 130 valence electrons. The lowest BCUT2D eigenvalue weighted by Gasteiger charge is -2.12. The molecule has 0 N–H and O–H groups in total. The summed E-state index contributed by atoms with van der Waals surface area (Å²) < 4.78 is 40.3. The van der Waals surface area contributed by atoms with E-state index < -0.39 is 23.1 Å². The number of hydrogen-bond donors (Lipinski definition) is 0. The van der Waals surface area contributed by atoms with Gasteiger partial charge in [-0.25, -0.2) is 9.78 Å². The lowest BCUT2D eigenvalue weighted by atomic mass is 10.2. The highest BCUT2D eigenvalue weighted by molar-refractivity contribution is 6.31. The zero-order valence-electron chi connectivity index (χ0n) is 12.8. The topological polar surface area (TPSA) is 56.9 Å². The van der Waals surface area contributed by atoms with Crippen molar-refractivity contribution in [3.05, 3.63) is 73.5 Å². The van der Waals surface area contributed by atoms with Crippen LogP contribution in [0.15, 0.2) is 46.0 Å². The van der Waals surface area contributed by atoms with Crippen molar-refractivity contribution in [1.29, 1.82) is 0 Å². The number of aryl methyl sites for hydroxylation is 1. The molecule has 0 fully saturated rings. The molecule has 25 heavy (non-hydrogen) atoms. The minimum absolute atomic E-state index is 0.0813. The van der Waals surface area contributed by atoms with Crippen LogP contribution in [-0.2, 0) is 19.8 Å². The van der Waals surface area contributed by atoms with Gasteiger partial charge in [-0.2, -0.15) is 13.2 Å². The third kappa shape index (κ3) is 3.05. The summed E-state index contributed by atoms with van der Waals surface area (Å²) in [4.78, 5) is 28.4. The van der Waals surface area contributed by atoms with Gasteiger partial charge in [0.25, 0.3) is 5.56 Å². The average Bonchev–Trinajstić information content (AvgIpc) is 2.57. The van der Waals surface area contributed by atoms with Crippen LogP contribution in [0.1, 0.15) is 11.3 Å². The summed E-state index contributed by atoms with van der Waals surface area (Å²) in [6.45, 7) is -0.0951. The van der Waals surface area contributed by atoms with Crippen molar-refractivity contribution in [2.45, 2.75) is 12.7 Å². The van der Waals surface area contributed by atoms with Crippen molar-refractivity contribution >= 4 is 22.6 Å². The molecule has 0 radical (unpaired) electrons. The highest BCUT2D eigenvalue weighted by Gasteiger charge is 2.33. The quantitative estimate of drug-likeness (QED) is 0.698. The van der Waals surface area contributed by atoms with Crippen LogP contribution < -0.4 is 11.2 Å². The number of rotatable bonds is 2. The maximum absolute atomic E-state index is 12.8. The molecule has 0 amide bonds. The first-order valence-electron chi connectivity index (χ1n) is 7.11. The Hall–Kier alpha value is -2.61. The molecule has 3 rings (SSSR count). The second-order valence-electron chi connectivity index (χ2n) is 5.39. The lowest BCUT2D eigenvalue weighted by molar-refractivity contribution is -0.141. The number of benzene rings is 1. The van der Waals surface area contributed by atoms with Gasteiger partial charge in [0.2, 0.25) is 0 Å². The lowest BCUT2D eigenvalue weighted by Crippen LogP contribution is -2.39. The molecule has 0 unspecified atom stereocenters. The first-order chi connectivity index (χ1) is 11.7. The van der Waals surface area contributed by atoms with E-state index in [-0.39, 0.29) is 17.6 Å². The molecule has 0 aliphatic carbocycles. The highest BCUT2D eigenvalue weighted by Crippen LogP contribution is 2.28. The van der Waals surface area contributed by atoms with Crippen LogP contribution in [0.4, 0.5) is 13.2 Å². The highest BCUT2D eigenvalue weighted by atomic mass is 35.5. The maximum Gasteiger partial charge on any atom is 0.433 e. The smallest absolute Gasteiger partial charge is 0.280 e. The zero-order chi connectivity index (χ0) is 18.4. The molecule has 0 bridgehead atoms. The summed E-state index contributed by atoms with van der Waals surface area (Å²) >= 11 is 6.05. The zero-order valence-corrected chi connectivity index (χ0v) is 13.6. The summed E-state index contributed by atoms with van der Waals surface area (Å²) in [5.41, 5.74) is -2.44. The second kappa shape index (κ2) is 6.03. The number of pyridine rings is 1. The van der Waals surface area contributed by atoms with Crippen molar-refractivity contribution < 1.29 is 13.2 Å². The fourth-order valence-corrected chi connectivity index (χ4v) is 2.66. The number of alkyl halides is 3. The van der Waals surface area contributed by atoms with Gasteiger partial charge in [0, 0.05) is 12.1 Å². The van der Waals surface area contributed by atoms with Crippen molar-refractivity contribution in [2.24, 2.45) is 7.05 Å². The monoisotopic (exact) mass is 369 g/mol. The molecule has 3 aromatic rings. The van der Waals surface area contributed by atoms with Gasteiger partial charge in [0.15, 0.2) is 0 Å². The Morgan fingerprint density at radius 3 is 2.44 bits per heavy atom. The third-order valence-corrected chi connectivity index (χ3v) is 4.13. The van der Waals surface area contributed by atoms with E-state index in [9.17, 15) is 22.8 Å². The molecule has 0 aliphatic heterocycles. The molecule has 1 aromatic carbocycles. The Kier molecular flexibility index (Phi) is 4.16. The van der Waals surface area contributed by atoms with Gasteiger partial charge in [-0.15, -0.1) is 0 Å². The number of fused-ring (bicyclic) bond motifs is 1. The van der Waals surface area contributed by atoms with Crippen molar-refractivity contribution in [3.8, 4) is 0 Å². The van der Waals surface area contributed by atoms with Crippen LogP contribution in [0.25, 0.3) is 11.0 Å². The van der Waals surface area contributed by atoms with Crippen molar-refractivity contribution in [3.63, 3.8) is 0 Å². The minimum Gasteiger partial charge on any atom is -0.280 e. The summed E-state index contributed by atoms with van der Waals surface area (Å²) in [6, 6.07) is 8.42. The predicted octanol–water partition coefficient (Wildman–Crippen LogP) is 2.82.